The van der Waals surface area contributed by atoms with E-state index >= 15 is 0 Å². The van der Waals surface area contributed by atoms with E-state index in [1.807, 2.05) is 19.1 Å². The lowest BCUT2D eigenvalue weighted by molar-refractivity contribution is -0.136. The molecular formula is C15H22N2O4S. The van der Waals surface area contributed by atoms with E-state index in [1.165, 1.54) is 0 Å². The maximum atomic E-state index is 12.2. The van der Waals surface area contributed by atoms with Crippen LogP contribution in [0, 0.1) is 6.92 Å². The van der Waals surface area contributed by atoms with Crippen LogP contribution in [0.15, 0.2) is 24.3 Å². The summed E-state index contributed by atoms with van der Waals surface area (Å²) in [5, 5.41) is 0. The van der Waals surface area contributed by atoms with Gasteiger partial charge in [0.25, 0.3) is 0 Å². The van der Waals surface area contributed by atoms with Gasteiger partial charge in [-0.3, -0.25) is 4.79 Å². The Labute approximate surface area is 131 Å². The summed E-state index contributed by atoms with van der Waals surface area (Å²) in [4.78, 5) is 13.8. The van der Waals surface area contributed by atoms with Gasteiger partial charge in [0.2, 0.25) is 15.9 Å². The van der Waals surface area contributed by atoms with Gasteiger partial charge in [0, 0.05) is 13.1 Å². The van der Waals surface area contributed by atoms with Gasteiger partial charge < -0.3 is 9.64 Å². The number of carbonyl (C=O) groups excluding carboxylic acids is 1. The van der Waals surface area contributed by atoms with E-state index in [9.17, 15) is 13.2 Å². The fourth-order valence-electron chi connectivity index (χ4n) is 2.32. The molecule has 0 radical (unpaired) electrons. The third-order valence-electron chi connectivity index (χ3n) is 3.53. The smallest absolute Gasteiger partial charge is 0.240 e. The van der Waals surface area contributed by atoms with Crippen molar-refractivity contribution in [1.82, 2.24) is 9.62 Å². The van der Waals surface area contributed by atoms with E-state index < -0.39 is 16.1 Å². The highest BCUT2D eigenvalue weighted by Crippen LogP contribution is 2.08. The second-order valence-electron chi connectivity index (χ2n) is 5.52. The molecule has 0 aromatic heterocycles. The lowest BCUT2D eigenvalue weighted by Crippen LogP contribution is -2.50. The van der Waals surface area contributed by atoms with Crippen LogP contribution in [0.1, 0.15) is 18.1 Å². The topological polar surface area (TPSA) is 75.7 Å². The standard InChI is InChI=1S/C15H22N2O4S/c1-12-3-5-14(6-4-12)11-22(19,20)16-13(2)15(18)17-7-9-21-10-8-17/h3-6,13,16H,7-11H2,1-2H3/t13-/m0/s1. The van der Waals surface area contributed by atoms with Crippen molar-refractivity contribution in [3.63, 3.8) is 0 Å². The van der Waals surface area contributed by atoms with E-state index in [2.05, 4.69) is 4.72 Å². The minimum atomic E-state index is -3.56. The molecule has 0 bridgehead atoms. The van der Waals surface area contributed by atoms with E-state index in [0.29, 0.717) is 31.9 Å². The Hall–Kier alpha value is -1.44. The zero-order valence-corrected chi connectivity index (χ0v) is 13.7. The number of carbonyl (C=O) groups is 1. The second-order valence-corrected chi connectivity index (χ2v) is 7.28. The Morgan fingerprint density at radius 1 is 1.27 bits per heavy atom. The number of ether oxygens (including phenoxy) is 1. The summed E-state index contributed by atoms with van der Waals surface area (Å²) in [6.45, 7) is 5.51. The monoisotopic (exact) mass is 326 g/mol. The van der Waals surface area contributed by atoms with E-state index in [0.717, 1.165) is 5.56 Å². The summed E-state index contributed by atoms with van der Waals surface area (Å²) in [7, 11) is -3.56. The van der Waals surface area contributed by atoms with Gasteiger partial charge in [0.1, 0.15) is 0 Å². The number of hydrogen-bond donors (Lipinski definition) is 1. The Balaban J connectivity index is 1.95. The first-order chi connectivity index (χ1) is 10.4. The van der Waals surface area contributed by atoms with Crippen molar-refractivity contribution in [2.75, 3.05) is 26.3 Å². The van der Waals surface area contributed by atoms with Gasteiger partial charge in [-0.25, -0.2) is 13.1 Å². The summed E-state index contributed by atoms with van der Waals surface area (Å²) < 4.78 is 32.0. The molecule has 7 heteroatoms. The Morgan fingerprint density at radius 2 is 1.86 bits per heavy atom. The fourth-order valence-corrected chi connectivity index (χ4v) is 3.68. The van der Waals surface area contributed by atoms with Crippen LogP contribution in [0.4, 0.5) is 0 Å². The largest absolute Gasteiger partial charge is 0.378 e. The number of rotatable bonds is 5. The van der Waals surface area contributed by atoms with Crippen molar-refractivity contribution in [1.29, 1.82) is 0 Å². The number of sulfonamides is 1. The molecule has 0 aliphatic carbocycles. The highest BCUT2D eigenvalue weighted by Gasteiger charge is 2.26. The van der Waals surface area contributed by atoms with Crippen molar-refractivity contribution in [3.05, 3.63) is 35.4 Å². The molecular weight excluding hydrogens is 304 g/mol. The van der Waals surface area contributed by atoms with Crippen LogP contribution in [0.25, 0.3) is 0 Å². The average Bonchev–Trinajstić information content (AvgIpc) is 2.49. The normalized spacial score (nSPS) is 17.3. The molecule has 1 aromatic carbocycles. The Kier molecular flexibility index (Phi) is 5.55. The molecule has 1 aromatic rings. The van der Waals surface area contributed by atoms with Crippen LogP contribution < -0.4 is 4.72 Å². The van der Waals surface area contributed by atoms with E-state index in [1.54, 1.807) is 24.0 Å². The van der Waals surface area contributed by atoms with Crippen molar-refractivity contribution in [2.24, 2.45) is 0 Å². The van der Waals surface area contributed by atoms with Crippen LogP contribution in [-0.4, -0.2) is 51.6 Å². The molecule has 1 heterocycles. The van der Waals surface area contributed by atoms with Crippen LogP contribution >= 0.6 is 0 Å². The molecule has 2 rings (SSSR count). The Morgan fingerprint density at radius 3 is 2.45 bits per heavy atom. The predicted octanol–water partition coefficient (Wildman–Crippen LogP) is 0.662. The summed E-state index contributed by atoms with van der Waals surface area (Å²) >= 11 is 0. The van der Waals surface area contributed by atoms with Gasteiger partial charge in [-0.1, -0.05) is 29.8 Å². The number of hydrogen-bond acceptors (Lipinski definition) is 4. The first-order valence-corrected chi connectivity index (χ1v) is 8.95. The van der Waals surface area contributed by atoms with Crippen molar-refractivity contribution in [3.8, 4) is 0 Å². The predicted molar refractivity (Wildman–Crippen MR) is 83.8 cm³/mol. The van der Waals surface area contributed by atoms with Crippen LogP contribution in [0.3, 0.4) is 0 Å². The maximum absolute atomic E-state index is 12.2. The maximum Gasteiger partial charge on any atom is 0.240 e. The number of benzene rings is 1. The Bertz CT molecular complexity index is 607. The minimum absolute atomic E-state index is 0.131. The zero-order valence-electron chi connectivity index (χ0n) is 12.9. The van der Waals surface area contributed by atoms with Gasteiger partial charge in [0.15, 0.2) is 0 Å². The molecule has 6 nitrogen and oxygen atoms in total. The summed E-state index contributed by atoms with van der Waals surface area (Å²) in [6, 6.07) is 6.53. The molecule has 1 amide bonds. The van der Waals surface area contributed by atoms with Gasteiger partial charge >= 0.3 is 0 Å². The second kappa shape index (κ2) is 7.21. The molecule has 1 fully saturated rings. The minimum Gasteiger partial charge on any atom is -0.378 e. The summed E-state index contributed by atoms with van der Waals surface area (Å²) in [5.74, 6) is -0.343. The molecule has 1 saturated heterocycles. The number of nitrogens with one attached hydrogen (secondary N) is 1. The molecule has 0 saturated carbocycles. The van der Waals surface area contributed by atoms with Gasteiger partial charge in [-0.15, -0.1) is 0 Å². The third-order valence-corrected chi connectivity index (χ3v) is 4.95. The van der Waals surface area contributed by atoms with Crippen LogP contribution in [0.2, 0.25) is 0 Å². The number of aryl methyl sites for hydroxylation is 1. The van der Waals surface area contributed by atoms with Crippen LogP contribution in [-0.2, 0) is 25.3 Å². The van der Waals surface area contributed by atoms with E-state index in [-0.39, 0.29) is 11.7 Å². The highest BCUT2D eigenvalue weighted by molar-refractivity contribution is 7.88. The first-order valence-electron chi connectivity index (χ1n) is 7.29. The molecule has 0 spiro atoms. The molecule has 122 valence electrons. The zero-order chi connectivity index (χ0) is 16.2. The average molecular weight is 326 g/mol. The van der Waals surface area contributed by atoms with Gasteiger partial charge in [-0.05, 0) is 19.4 Å². The molecule has 1 aliphatic heterocycles. The van der Waals surface area contributed by atoms with E-state index in [4.69, 9.17) is 4.74 Å². The molecule has 1 N–H and O–H groups in total. The van der Waals surface area contributed by atoms with Gasteiger partial charge in [-0.2, -0.15) is 0 Å². The lowest BCUT2D eigenvalue weighted by Gasteiger charge is -2.29. The summed E-state index contributed by atoms with van der Waals surface area (Å²) in [5.41, 5.74) is 1.77. The van der Waals surface area contributed by atoms with Crippen molar-refractivity contribution in [2.45, 2.75) is 25.6 Å². The molecule has 0 unspecified atom stereocenters. The van der Waals surface area contributed by atoms with Crippen LogP contribution in [0.5, 0.6) is 0 Å². The number of morpholine rings is 1. The SMILES string of the molecule is Cc1ccc(CS(=O)(=O)N[C@@H](C)C(=O)N2CCOCC2)cc1. The third kappa shape index (κ3) is 4.79. The first kappa shape index (κ1) is 16.9. The van der Waals surface area contributed by atoms with Gasteiger partial charge in [0.05, 0.1) is 25.0 Å². The highest BCUT2D eigenvalue weighted by atomic mass is 32.2. The van der Waals surface area contributed by atoms with Crippen molar-refractivity contribution >= 4 is 15.9 Å². The molecule has 1 atom stereocenters. The molecule has 1 aliphatic rings. The molecule has 22 heavy (non-hydrogen) atoms. The lowest BCUT2D eigenvalue weighted by atomic mass is 10.2. The number of amides is 1. The fraction of sp³-hybridized carbons (Fsp3) is 0.533. The van der Waals surface area contributed by atoms with Crippen molar-refractivity contribution < 1.29 is 17.9 Å². The number of nitrogens with zero attached hydrogens (tertiary/aromatic N) is 1. The summed E-state index contributed by atoms with van der Waals surface area (Å²) in [6.07, 6.45) is 0. The quantitative estimate of drug-likeness (QED) is 0.862.